The van der Waals surface area contributed by atoms with E-state index in [1.54, 1.807) is 24.7 Å². The van der Waals surface area contributed by atoms with E-state index in [9.17, 15) is 9.50 Å². The number of aromatic nitrogens is 2. The van der Waals surface area contributed by atoms with Crippen LogP contribution in [0.5, 0.6) is 0 Å². The van der Waals surface area contributed by atoms with Gasteiger partial charge >= 0.3 is 0 Å². The second-order valence-corrected chi connectivity index (χ2v) is 4.43. The maximum absolute atomic E-state index is 12.7. The molecule has 0 saturated carbocycles. The van der Waals surface area contributed by atoms with Crippen molar-refractivity contribution < 1.29 is 9.50 Å². The van der Waals surface area contributed by atoms with Crippen LogP contribution in [0.1, 0.15) is 18.4 Å². The summed E-state index contributed by atoms with van der Waals surface area (Å²) in [5.41, 5.74) is 1.10. The predicted octanol–water partition coefficient (Wildman–Crippen LogP) is 2.41. The number of aliphatic hydroxyl groups is 1. The number of halogens is 1. The van der Waals surface area contributed by atoms with Crippen LogP contribution in [-0.2, 0) is 13.0 Å². The molecule has 0 amide bonds. The number of hydrogen-bond acceptors (Lipinski definition) is 2. The van der Waals surface area contributed by atoms with E-state index in [4.69, 9.17) is 0 Å². The second-order valence-electron chi connectivity index (χ2n) is 4.43. The molecule has 0 fully saturated rings. The first kappa shape index (κ1) is 12.8. The normalized spacial score (nSPS) is 12.6. The fourth-order valence-electron chi connectivity index (χ4n) is 1.92. The van der Waals surface area contributed by atoms with Gasteiger partial charge in [-0.05, 0) is 37.0 Å². The van der Waals surface area contributed by atoms with E-state index in [1.807, 2.05) is 10.8 Å². The highest BCUT2D eigenvalue weighted by atomic mass is 19.1. The van der Waals surface area contributed by atoms with Gasteiger partial charge in [-0.2, -0.15) is 0 Å². The first-order valence-electron chi connectivity index (χ1n) is 6.12. The lowest BCUT2D eigenvalue weighted by Gasteiger charge is -2.10. The SMILES string of the molecule is OC(CCCc1ccc(F)cc1)Cn1ccnc1. The summed E-state index contributed by atoms with van der Waals surface area (Å²) in [7, 11) is 0. The van der Waals surface area contributed by atoms with Crippen molar-refractivity contribution in [3.63, 3.8) is 0 Å². The average Bonchev–Trinajstić information content (AvgIpc) is 2.84. The summed E-state index contributed by atoms with van der Waals surface area (Å²) >= 11 is 0. The molecule has 1 aromatic carbocycles. The topological polar surface area (TPSA) is 38.0 Å². The van der Waals surface area contributed by atoms with Crippen molar-refractivity contribution in [3.05, 3.63) is 54.4 Å². The minimum atomic E-state index is -0.361. The van der Waals surface area contributed by atoms with Crippen molar-refractivity contribution in [1.82, 2.24) is 9.55 Å². The Labute approximate surface area is 106 Å². The van der Waals surface area contributed by atoms with E-state index in [0.717, 1.165) is 24.8 Å². The lowest BCUT2D eigenvalue weighted by atomic mass is 10.1. The Morgan fingerprint density at radius 1 is 1.28 bits per heavy atom. The zero-order chi connectivity index (χ0) is 12.8. The fourth-order valence-corrected chi connectivity index (χ4v) is 1.92. The van der Waals surface area contributed by atoms with Crippen LogP contribution in [0.25, 0.3) is 0 Å². The van der Waals surface area contributed by atoms with Crippen LogP contribution < -0.4 is 0 Å². The Balaban J connectivity index is 1.70. The van der Waals surface area contributed by atoms with Crippen molar-refractivity contribution in [2.75, 3.05) is 0 Å². The number of aliphatic hydroxyl groups excluding tert-OH is 1. The number of nitrogens with zero attached hydrogens (tertiary/aromatic N) is 2. The number of aryl methyl sites for hydroxylation is 1. The lowest BCUT2D eigenvalue weighted by molar-refractivity contribution is 0.142. The molecule has 1 aromatic heterocycles. The highest BCUT2D eigenvalue weighted by molar-refractivity contribution is 5.15. The largest absolute Gasteiger partial charge is 0.391 e. The number of hydrogen-bond donors (Lipinski definition) is 1. The van der Waals surface area contributed by atoms with E-state index in [0.29, 0.717) is 6.54 Å². The molecule has 1 unspecified atom stereocenters. The van der Waals surface area contributed by atoms with Gasteiger partial charge in [-0.3, -0.25) is 0 Å². The molecule has 4 heteroatoms. The Hall–Kier alpha value is -1.68. The minimum Gasteiger partial charge on any atom is -0.391 e. The molecule has 2 aromatic rings. The van der Waals surface area contributed by atoms with Gasteiger partial charge in [-0.15, -0.1) is 0 Å². The van der Waals surface area contributed by atoms with Crippen molar-refractivity contribution in [1.29, 1.82) is 0 Å². The van der Waals surface area contributed by atoms with Crippen LogP contribution in [0.3, 0.4) is 0 Å². The van der Waals surface area contributed by atoms with Gasteiger partial charge in [0, 0.05) is 18.9 Å². The highest BCUT2D eigenvalue weighted by Crippen LogP contribution is 2.09. The van der Waals surface area contributed by atoms with E-state index < -0.39 is 0 Å². The Bertz CT molecular complexity index is 453. The maximum Gasteiger partial charge on any atom is 0.123 e. The molecule has 96 valence electrons. The number of imidazole rings is 1. The first-order chi connectivity index (χ1) is 8.74. The molecular weight excluding hydrogens is 231 g/mol. The lowest BCUT2D eigenvalue weighted by Crippen LogP contribution is -2.15. The van der Waals surface area contributed by atoms with Gasteiger partial charge in [0.1, 0.15) is 5.82 Å². The molecule has 1 N–H and O–H groups in total. The van der Waals surface area contributed by atoms with Crippen LogP contribution in [0.15, 0.2) is 43.0 Å². The van der Waals surface area contributed by atoms with Gasteiger partial charge in [0.15, 0.2) is 0 Å². The van der Waals surface area contributed by atoms with Crippen LogP contribution in [0.2, 0.25) is 0 Å². The van der Waals surface area contributed by atoms with E-state index in [-0.39, 0.29) is 11.9 Å². The van der Waals surface area contributed by atoms with Crippen molar-refractivity contribution in [3.8, 4) is 0 Å². The third kappa shape index (κ3) is 3.96. The molecule has 0 aliphatic rings. The van der Waals surface area contributed by atoms with E-state index in [1.165, 1.54) is 12.1 Å². The van der Waals surface area contributed by atoms with Crippen molar-refractivity contribution in [2.24, 2.45) is 0 Å². The number of benzene rings is 1. The molecule has 1 atom stereocenters. The summed E-state index contributed by atoms with van der Waals surface area (Å²) in [6.07, 6.45) is 7.36. The van der Waals surface area contributed by atoms with Gasteiger partial charge in [0.2, 0.25) is 0 Å². The summed E-state index contributed by atoms with van der Waals surface area (Å²) in [4.78, 5) is 3.93. The highest BCUT2D eigenvalue weighted by Gasteiger charge is 2.05. The van der Waals surface area contributed by atoms with Crippen molar-refractivity contribution >= 4 is 0 Å². The average molecular weight is 248 g/mol. The van der Waals surface area contributed by atoms with Crippen molar-refractivity contribution in [2.45, 2.75) is 31.9 Å². The maximum atomic E-state index is 12.7. The first-order valence-corrected chi connectivity index (χ1v) is 6.12. The quantitative estimate of drug-likeness (QED) is 0.852. The van der Waals surface area contributed by atoms with Gasteiger partial charge in [-0.1, -0.05) is 12.1 Å². The zero-order valence-electron chi connectivity index (χ0n) is 10.2. The molecule has 0 aliphatic heterocycles. The third-order valence-corrected chi connectivity index (χ3v) is 2.90. The molecule has 18 heavy (non-hydrogen) atoms. The zero-order valence-corrected chi connectivity index (χ0v) is 10.2. The standard InChI is InChI=1S/C14H17FN2O/c15-13-6-4-12(5-7-13)2-1-3-14(18)10-17-9-8-16-11-17/h4-9,11,14,18H,1-3,10H2. The van der Waals surface area contributed by atoms with Gasteiger partial charge in [0.25, 0.3) is 0 Å². The molecule has 2 rings (SSSR count). The van der Waals surface area contributed by atoms with Crippen LogP contribution in [-0.4, -0.2) is 20.8 Å². The second kappa shape index (κ2) is 6.31. The minimum absolute atomic E-state index is 0.209. The summed E-state index contributed by atoms with van der Waals surface area (Å²) in [5, 5.41) is 9.83. The summed E-state index contributed by atoms with van der Waals surface area (Å²) in [6, 6.07) is 6.52. The van der Waals surface area contributed by atoms with E-state index in [2.05, 4.69) is 4.98 Å². The molecule has 0 radical (unpaired) electrons. The molecule has 0 spiro atoms. The van der Waals surface area contributed by atoms with Gasteiger partial charge in [-0.25, -0.2) is 9.37 Å². The third-order valence-electron chi connectivity index (χ3n) is 2.90. The van der Waals surface area contributed by atoms with Gasteiger partial charge in [0.05, 0.1) is 12.4 Å². The van der Waals surface area contributed by atoms with E-state index >= 15 is 0 Å². The predicted molar refractivity (Wildman–Crippen MR) is 67.6 cm³/mol. The Morgan fingerprint density at radius 2 is 2.06 bits per heavy atom. The Kier molecular flexibility index (Phi) is 4.47. The molecule has 0 saturated heterocycles. The summed E-state index contributed by atoms with van der Waals surface area (Å²) in [6.45, 7) is 0.573. The molecular formula is C14H17FN2O. The summed E-state index contributed by atoms with van der Waals surface area (Å²) < 4.78 is 14.6. The smallest absolute Gasteiger partial charge is 0.123 e. The number of rotatable bonds is 6. The van der Waals surface area contributed by atoms with Gasteiger partial charge < -0.3 is 9.67 Å². The van der Waals surface area contributed by atoms with Crippen LogP contribution in [0.4, 0.5) is 4.39 Å². The molecule has 1 heterocycles. The fraction of sp³-hybridized carbons (Fsp3) is 0.357. The summed E-state index contributed by atoms with van der Waals surface area (Å²) in [5.74, 6) is -0.209. The van der Waals surface area contributed by atoms with Crippen LogP contribution >= 0.6 is 0 Å². The monoisotopic (exact) mass is 248 g/mol. The Morgan fingerprint density at radius 3 is 2.72 bits per heavy atom. The molecule has 0 bridgehead atoms. The molecule has 3 nitrogen and oxygen atoms in total. The van der Waals surface area contributed by atoms with Crippen LogP contribution in [0, 0.1) is 5.82 Å². The molecule has 0 aliphatic carbocycles.